The quantitative estimate of drug-likeness (QED) is 0.468. The van der Waals surface area contributed by atoms with Crippen LogP contribution in [0.1, 0.15) is 0 Å². The molecule has 0 heterocycles. The number of aliphatic imine (C=N–C) groups is 1. The number of anilines is 1. The first-order valence-electron chi connectivity index (χ1n) is 5.44. The Bertz CT molecular complexity index is 432. The van der Waals surface area contributed by atoms with Gasteiger partial charge in [0.05, 0.1) is 7.11 Å². The van der Waals surface area contributed by atoms with Crippen LogP contribution in [0.2, 0.25) is 0 Å². The van der Waals surface area contributed by atoms with E-state index in [2.05, 4.69) is 10.3 Å². The molecule has 0 unspecified atom stereocenters. The molecule has 0 saturated heterocycles. The number of hydrogen-bond donors (Lipinski definition) is 2. The summed E-state index contributed by atoms with van der Waals surface area (Å²) in [6.45, 7) is 0.0298. The number of methoxy groups -OCH3 is 1. The molecule has 0 atom stereocenters. The van der Waals surface area contributed by atoms with E-state index in [-0.39, 0.29) is 42.4 Å². The Morgan fingerprint density at radius 1 is 1.37 bits per heavy atom. The van der Waals surface area contributed by atoms with Gasteiger partial charge in [0.1, 0.15) is 12.3 Å². The van der Waals surface area contributed by atoms with Gasteiger partial charge >= 0.3 is 0 Å². The van der Waals surface area contributed by atoms with E-state index in [1.807, 2.05) is 12.1 Å². The highest BCUT2D eigenvalue weighted by Gasteiger charge is 2.02. The van der Waals surface area contributed by atoms with Crippen LogP contribution in [0.5, 0.6) is 5.75 Å². The zero-order chi connectivity index (χ0) is 13.5. The standard InChI is InChI=1S/C12H18N4O2.HI/c1-16(2)11(17)8-14-12(13)15-9-4-6-10(18-3)7-5-9;/h4-7H,8H2,1-3H3,(H3,13,14,15);1H. The minimum absolute atomic E-state index is 0. The van der Waals surface area contributed by atoms with Crippen molar-refractivity contribution in [3.8, 4) is 5.75 Å². The molecule has 7 heteroatoms. The number of nitrogens with one attached hydrogen (secondary N) is 1. The lowest BCUT2D eigenvalue weighted by molar-refractivity contribution is -0.127. The number of nitrogens with two attached hydrogens (primary N) is 1. The second-order valence-electron chi connectivity index (χ2n) is 3.84. The Morgan fingerprint density at radius 3 is 2.42 bits per heavy atom. The predicted octanol–water partition coefficient (Wildman–Crippen LogP) is 1.13. The first-order valence-corrected chi connectivity index (χ1v) is 5.44. The zero-order valence-corrected chi connectivity index (χ0v) is 13.5. The van der Waals surface area contributed by atoms with Gasteiger partial charge in [-0.1, -0.05) is 0 Å². The molecule has 1 rings (SSSR count). The van der Waals surface area contributed by atoms with Crippen LogP contribution in [0, 0.1) is 0 Å². The van der Waals surface area contributed by atoms with E-state index in [1.165, 1.54) is 4.90 Å². The molecular formula is C12H19IN4O2. The molecule has 106 valence electrons. The first-order chi connectivity index (χ1) is 8.52. The number of hydrogen-bond acceptors (Lipinski definition) is 3. The molecule has 6 nitrogen and oxygen atoms in total. The Balaban J connectivity index is 0.00000324. The monoisotopic (exact) mass is 378 g/mol. The van der Waals surface area contributed by atoms with Gasteiger partial charge in [0, 0.05) is 19.8 Å². The summed E-state index contributed by atoms with van der Waals surface area (Å²) in [5, 5.41) is 2.89. The first kappa shape index (κ1) is 17.5. The predicted molar refractivity (Wildman–Crippen MR) is 87.2 cm³/mol. The largest absolute Gasteiger partial charge is 0.497 e. The molecule has 19 heavy (non-hydrogen) atoms. The molecule has 0 aliphatic rings. The van der Waals surface area contributed by atoms with Crippen molar-refractivity contribution in [2.45, 2.75) is 0 Å². The fourth-order valence-corrected chi connectivity index (χ4v) is 1.16. The highest BCUT2D eigenvalue weighted by Crippen LogP contribution is 2.14. The molecule has 3 N–H and O–H groups in total. The van der Waals surface area contributed by atoms with Gasteiger partial charge in [0.2, 0.25) is 5.91 Å². The van der Waals surface area contributed by atoms with Crippen LogP contribution in [0.3, 0.4) is 0 Å². The lowest BCUT2D eigenvalue weighted by atomic mass is 10.3. The number of halogens is 1. The SMILES string of the molecule is COc1ccc(NC(N)=NCC(=O)N(C)C)cc1.I. The lowest BCUT2D eigenvalue weighted by Crippen LogP contribution is -2.28. The number of carbonyl (C=O) groups is 1. The summed E-state index contributed by atoms with van der Waals surface area (Å²) >= 11 is 0. The van der Waals surface area contributed by atoms with Gasteiger partial charge in [-0.2, -0.15) is 0 Å². The normalized spacial score (nSPS) is 10.4. The Labute approximate surface area is 130 Å². The number of benzene rings is 1. The Hall–Kier alpha value is -1.51. The molecule has 0 fully saturated rings. The molecule has 0 saturated carbocycles. The van der Waals surface area contributed by atoms with Gasteiger partial charge in [-0.15, -0.1) is 24.0 Å². The maximum Gasteiger partial charge on any atom is 0.243 e. The van der Waals surface area contributed by atoms with Crippen molar-refractivity contribution in [3.05, 3.63) is 24.3 Å². The minimum atomic E-state index is -0.102. The van der Waals surface area contributed by atoms with E-state index < -0.39 is 0 Å². The number of rotatable bonds is 4. The van der Waals surface area contributed by atoms with E-state index in [9.17, 15) is 4.79 Å². The van der Waals surface area contributed by atoms with Crippen molar-refractivity contribution in [2.24, 2.45) is 10.7 Å². The number of carbonyl (C=O) groups excluding carboxylic acids is 1. The summed E-state index contributed by atoms with van der Waals surface area (Å²) in [5.41, 5.74) is 6.45. The van der Waals surface area contributed by atoms with Crippen molar-refractivity contribution in [1.82, 2.24) is 4.90 Å². The van der Waals surface area contributed by atoms with E-state index in [1.54, 1.807) is 33.3 Å². The summed E-state index contributed by atoms with van der Waals surface area (Å²) < 4.78 is 5.04. The second kappa shape index (κ2) is 8.57. The second-order valence-corrected chi connectivity index (χ2v) is 3.84. The van der Waals surface area contributed by atoms with Crippen LogP contribution in [0.15, 0.2) is 29.3 Å². The molecule has 0 aliphatic heterocycles. The van der Waals surface area contributed by atoms with Gasteiger partial charge < -0.3 is 20.7 Å². The molecule has 0 bridgehead atoms. The van der Waals surface area contributed by atoms with Crippen LogP contribution >= 0.6 is 24.0 Å². The summed E-state index contributed by atoms with van der Waals surface area (Å²) in [5.74, 6) is 0.865. The van der Waals surface area contributed by atoms with Gasteiger partial charge in [-0.05, 0) is 24.3 Å². The summed E-state index contributed by atoms with van der Waals surface area (Å²) in [4.78, 5) is 16.7. The Morgan fingerprint density at radius 2 is 1.95 bits per heavy atom. The fourth-order valence-electron chi connectivity index (χ4n) is 1.16. The van der Waals surface area contributed by atoms with E-state index >= 15 is 0 Å². The van der Waals surface area contributed by atoms with Crippen molar-refractivity contribution in [3.63, 3.8) is 0 Å². The van der Waals surface area contributed by atoms with Crippen LogP contribution < -0.4 is 15.8 Å². The van der Waals surface area contributed by atoms with Crippen LogP contribution in [-0.4, -0.2) is 44.5 Å². The third-order valence-electron chi connectivity index (χ3n) is 2.25. The maximum absolute atomic E-state index is 11.3. The summed E-state index contributed by atoms with van der Waals surface area (Å²) in [6.07, 6.45) is 0. The van der Waals surface area contributed by atoms with Crippen LogP contribution in [0.25, 0.3) is 0 Å². The maximum atomic E-state index is 11.3. The Kier molecular flexibility index (Phi) is 7.89. The number of ether oxygens (including phenoxy) is 1. The summed E-state index contributed by atoms with van der Waals surface area (Å²) in [7, 11) is 4.95. The lowest BCUT2D eigenvalue weighted by Gasteiger charge is -2.09. The minimum Gasteiger partial charge on any atom is -0.497 e. The fraction of sp³-hybridized carbons (Fsp3) is 0.333. The number of guanidine groups is 1. The third-order valence-corrected chi connectivity index (χ3v) is 2.25. The van der Waals surface area contributed by atoms with Crippen LogP contribution in [-0.2, 0) is 4.79 Å². The van der Waals surface area contributed by atoms with Gasteiger partial charge in [-0.25, -0.2) is 4.99 Å². The molecule has 0 radical (unpaired) electrons. The average Bonchev–Trinajstić information content (AvgIpc) is 2.36. The van der Waals surface area contributed by atoms with Crippen molar-refractivity contribution >= 4 is 41.5 Å². The molecule has 0 aromatic heterocycles. The smallest absolute Gasteiger partial charge is 0.243 e. The molecule has 0 spiro atoms. The molecule has 1 aromatic rings. The number of amides is 1. The number of likely N-dealkylation sites (N-methyl/N-ethyl adjacent to an activating group) is 1. The topological polar surface area (TPSA) is 80.0 Å². The van der Waals surface area contributed by atoms with Crippen molar-refractivity contribution < 1.29 is 9.53 Å². The van der Waals surface area contributed by atoms with Gasteiger partial charge in [-0.3, -0.25) is 4.79 Å². The zero-order valence-electron chi connectivity index (χ0n) is 11.2. The molecule has 1 aromatic carbocycles. The third kappa shape index (κ3) is 6.27. The van der Waals surface area contributed by atoms with E-state index in [4.69, 9.17) is 10.5 Å². The highest BCUT2D eigenvalue weighted by atomic mass is 127. The average molecular weight is 378 g/mol. The van der Waals surface area contributed by atoms with Gasteiger partial charge in [0.15, 0.2) is 5.96 Å². The van der Waals surface area contributed by atoms with E-state index in [0.717, 1.165) is 11.4 Å². The number of nitrogens with zero attached hydrogens (tertiary/aromatic N) is 2. The van der Waals surface area contributed by atoms with E-state index in [0.29, 0.717) is 0 Å². The molecule has 0 aliphatic carbocycles. The van der Waals surface area contributed by atoms with Crippen molar-refractivity contribution in [2.75, 3.05) is 33.1 Å². The highest BCUT2D eigenvalue weighted by molar-refractivity contribution is 14.0. The van der Waals surface area contributed by atoms with Crippen molar-refractivity contribution in [1.29, 1.82) is 0 Å². The van der Waals surface area contributed by atoms with Crippen LogP contribution in [0.4, 0.5) is 5.69 Å². The van der Waals surface area contributed by atoms with Gasteiger partial charge in [0.25, 0.3) is 0 Å². The molecular weight excluding hydrogens is 359 g/mol. The molecule has 1 amide bonds. The summed E-state index contributed by atoms with van der Waals surface area (Å²) in [6, 6.07) is 7.24.